The predicted molar refractivity (Wildman–Crippen MR) is 91.9 cm³/mol. The molecule has 0 aliphatic carbocycles. The topological polar surface area (TPSA) is 128 Å². The number of nitro benzene ring substituents is 1. The quantitative estimate of drug-likeness (QED) is 0.502. The molecule has 11 heteroatoms. The van der Waals surface area contributed by atoms with E-state index in [0.717, 1.165) is 6.07 Å². The summed E-state index contributed by atoms with van der Waals surface area (Å²) in [6.45, 7) is -0.258. The molecule has 0 aliphatic heterocycles. The summed E-state index contributed by atoms with van der Waals surface area (Å²) in [7, 11) is -3.98. The molecule has 0 spiro atoms. The highest BCUT2D eigenvalue weighted by atomic mass is 35.5. The maximum Gasteiger partial charge on any atom is 0.270 e. The first-order valence-corrected chi connectivity index (χ1v) is 9.04. The third-order valence-corrected chi connectivity index (χ3v) is 4.96. The molecule has 1 heterocycles. The van der Waals surface area contributed by atoms with Crippen LogP contribution >= 0.6 is 11.6 Å². The maximum absolute atomic E-state index is 12.3. The minimum absolute atomic E-state index is 0.0453. The Morgan fingerprint density at radius 3 is 2.58 bits per heavy atom. The zero-order chi connectivity index (χ0) is 18.7. The molecule has 26 heavy (non-hydrogen) atoms. The first-order chi connectivity index (χ1) is 12.3. The van der Waals surface area contributed by atoms with Crippen LogP contribution in [0.3, 0.4) is 0 Å². The predicted octanol–water partition coefficient (Wildman–Crippen LogP) is 2.78. The van der Waals surface area contributed by atoms with Gasteiger partial charge in [-0.25, -0.2) is 13.1 Å². The van der Waals surface area contributed by atoms with E-state index < -0.39 is 14.9 Å². The molecule has 0 amide bonds. The molecule has 0 saturated carbocycles. The molecule has 3 rings (SSSR count). The van der Waals surface area contributed by atoms with Gasteiger partial charge in [-0.2, -0.15) is 0 Å². The van der Waals surface area contributed by atoms with Crippen molar-refractivity contribution in [3.63, 3.8) is 0 Å². The van der Waals surface area contributed by atoms with Crippen LogP contribution in [0.15, 0.2) is 57.8 Å². The maximum atomic E-state index is 12.3. The summed E-state index contributed by atoms with van der Waals surface area (Å²) in [4.78, 5) is 9.86. The Hall–Kier alpha value is -2.82. The second kappa shape index (κ2) is 7.20. The van der Waals surface area contributed by atoms with E-state index in [0.29, 0.717) is 10.6 Å². The molecule has 0 radical (unpaired) electrons. The van der Waals surface area contributed by atoms with Gasteiger partial charge < -0.3 is 4.42 Å². The third kappa shape index (κ3) is 4.04. The number of non-ortho nitro benzene ring substituents is 1. The van der Waals surface area contributed by atoms with Gasteiger partial charge in [-0.3, -0.25) is 10.1 Å². The summed E-state index contributed by atoms with van der Waals surface area (Å²) in [5.74, 6) is 0.259. The summed E-state index contributed by atoms with van der Waals surface area (Å²) in [5, 5.41) is 18.9. The molecule has 9 nitrogen and oxygen atoms in total. The molecular formula is C15H11ClN4O5S. The standard InChI is InChI=1S/C15H11ClN4O5S/c16-11-6-4-10(5-7-11)15-19-18-14(25-15)9-17-26(23,24)13-3-1-2-12(8-13)20(21)22/h1-8,17H,9H2. The normalized spacial score (nSPS) is 11.4. The molecule has 0 aliphatic rings. The number of benzene rings is 2. The molecule has 2 aromatic carbocycles. The number of hydrogen-bond donors (Lipinski definition) is 1. The monoisotopic (exact) mass is 394 g/mol. The fraction of sp³-hybridized carbons (Fsp3) is 0.0667. The summed E-state index contributed by atoms with van der Waals surface area (Å²) < 4.78 is 32.2. The first kappa shape index (κ1) is 18.0. The minimum Gasteiger partial charge on any atom is -0.419 e. The van der Waals surface area contributed by atoms with Gasteiger partial charge in [0.15, 0.2) is 0 Å². The zero-order valence-corrected chi connectivity index (χ0v) is 14.6. The average Bonchev–Trinajstić information content (AvgIpc) is 3.10. The van der Waals surface area contributed by atoms with E-state index >= 15 is 0 Å². The van der Waals surface area contributed by atoms with Crippen LogP contribution in [0.2, 0.25) is 5.02 Å². The summed E-state index contributed by atoms with van der Waals surface area (Å²) >= 11 is 5.81. The molecule has 134 valence electrons. The van der Waals surface area contributed by atoms with Gasteiger partial charge in [-0.05, 0) is 30.3 Å². The first-order valence-electron chi connectivity index (χ1n) is 7.17. The van der Waals surface area contributed by atoms with E-state index in [4.69, 9.17) is 16.0 Å². The largest absolute Gasteiger partial charge is 0.419 e. The van der Waals surface area contributed by atoms with Gasteiger partial charge in [-0.15, -0.1) is 10.2 Å². The molecule has 1 aromatic heterocycles. The van der Waals surface area contributed by atoms with E-state index in [1.54, 1.807) is 24.3 Å². The number of nitrogens with zero attached hydrogens (tertiary/aromatic N) is 3. The second-order valence-electron chi connectivity index (χ2n) is 5.09. The van der Waals surface area contributed by atoms with Crippen LogP contribution in [0, 0.1) is 10.1 Å². The Balaban J connectivity index is 1.73. The smallest absolute Gasteiger partial charge is 0.270 e. The van der Waals surface area contributed by atoms with E-state index in [1.807, 2.05) is 0 Å². The van der Waals surface area contributed by atoms with Crippen molar-refractivity contribution in [3.05, 3.63) is 69.6 Å². The Kier molecular flexibility index (Phi) is 4.98. The van der Waals surface area contributed by atoms with Crippen molar-refractivity contribution in [2.45, 2.75) is 11.4 Å². The Morgan fingerprint density at radius 1 is 1.15 bits per heavy atom. The van der Waals surface area contributed by atoms with Crippen molar-refractivity contribution in [2.75, 3.05) is 0 Å². The van der Waals surface area contributed by atoms with Gasteiger partial charge in [0.05, 0.1) is 16.4 Å². The van der Waals surface area contributed by atoms with Crippen molar-refractivity contribution in [3.8, 4) is 11.5 Å². The summed E-state index contributed by atoms with van der Waals surface area (Å²) in [6, 6.07) is 11.4. The third-order valence-electron chi connectivity index (χ3n) is 3.31. The lowest BCUT2D eigenvalue weighted by Crippen LogP contribution is -2.23. The molecule has 0 fully saturated rings. The SMILES string of the molecule is O=[N+]([O-])c1cccc(S(=O)(=O)NCc2nnc(-c3ccc(Cl)cc3)o2)c1. The van der Waals surface area contributed by atoms with E-state index in [2.05, 4.69) is 14.9 Å². The Bertz CT molecular complexity index is 1050. The van der Waals surface area contributed by atoms with Gasteiger partial charge in [0.25, 0.3) is 5.69 Å². The summed E-state index contributed by atoms with van der Waals surface area (Å²) in [5.41, 5.74) is 0.311. The van der Waals surface area contributed by atoms with Crippen LogP contribution in [0.4, 0.5) is 5.69 Å². The molecule has 1 N–H and O–H groups in total. The number of aromatic nitrogens is 2. The number of halogens is 1. The van der Waals surface area contributed by atoms with Crippen LogP contribution in [-0.2, 0) is 16.6 Å². The fourth-order valence-corrected chi connectivity index (χ4v) is 3.18. The average molecular weight is 395 g/mol. The van der Waals surface area contributed by atoms with Crippen molar-refractivity contribution >= 4 is 27.3 Å². The number of sulfonamides is 1. The number of nitro groups is 1. The molecule has 3 aromatic rings. The van der Waals surface area contributed by atoms with Crippen molar-refractivity contribution < 1.29 is 17.8 Å². The van der Waals surface area contributed by atoms with Gasteiger partial charge in [0, 0.05) is 22.7 Å². The van der Waals surface area contributed by atoms with Gasteiger partial charge in [0.1, 0.15) is 0 Å². The molecule has 0 bridgehead atoms. The molecular weight excluding hydrogens is 384 g/mol. The fourth-order valence-electron chi connectivity index (χ4n) is 2.04. The van der Waals surface area contributed by atoms with E-state index in [9.17, 15) is 18.5 Å². The lowest BCUT2D eigenvalue weighted by atomic mass is 10.2. The van der Waals surface area contributed by atoms with E-state index in [1.165, 1.54) is 18.2 Å². The number of rotatable bonds is 6. The highest BCUT2D eigenvalue weighted by Crippen LogP contribution is 2.21. The lowest BCUT2D eigenvalue weighted by Gasteiger charge is -2.04. The van der Waals surface area contributed by atoms with Crippen LogP contribution in [0.1, 0.15) is 5.89 Å². The molecule has 0 unspecified atom stereocenters. The molecule has 0 atom stereocenters. The van der Waals surface area contributed by atoms with Crippen molar-refractivity contribution in [1.29, 1.82) is 0 Å². The zero-order valence-electron chi connectivity index (χ0n) is 13.0. The van der Waals surface area contributed by atoms with Gasteiger partial charge in [-0.1, -0.05) is 17.7 Å². The second-order valence-corrected chi connectivity index (χ2v) is 7.29. The Morgan fingerprint density at radius 2 is 1.88 bits per heavy atom. The van der Waals surface area contributed by atoms with Crippen LogP contribution < -0.4 is 4.72 Å². The Labute approximate surface area is 152 Å². The number of hydrogen-bond acceptors (Lipinski definition) is 7. The van der Waals surface area contributed by atoms with Crippen LogP contribution in [0.5, 0.6) is 0 Å². The highest BCUT2D eigenvalue weighted by molar-refractivity contribution is 7.89. The van der Waals surface area contributed by atoms with Gasteiger partial charge >= 0.3 is 0 Å². The van der Waals surface area contributed by atoms with Crippen LogP contribution in [0.25, 0.3) is 11.5 Å². The van der Waals surface area contributed by atoms with E-state index in [-0.39, 0.29) is 28.9 Å². The minimum atomic E-state index is -3.98. The number of nitrogens with one attached hydrogen (secondary N) is 1. The van der Waals surface area contributed by atoms with Gasteiger partial charge in [0.2, 0.25) is 21.8 Å². The van der Waals surface area contributed by atoms with Crippen LogP contribution in [-0.4, -0.2) is 23.5 Å². The highest BCUT2D eigenvalue weighted by Gasteiger charge is 2.19. The van der Waals surface area contributed by atoms with Crippen molar-refractivity contribution in [2.24, 2.45) is 0 Å². The van der Waals surface area contributed by atoms with Crippen molar-refractivity contribution in [1.82, 2.24) is 14.9 Å². The summed E-state index contributed by atoms with van der Waals surface area (Å²) in [6.07, 6.45) is 0. The lowest BCUT2D eigenvalue weighted by molar-refractivity contribution is -0.385. The molecule has 0 saturated heterocycles.